The van der Waals surface area contributed by atoms with E-state index in [-0.39, 0.29) is 6.04 Å². The average Bonchev–Trinajstić information content (AvgIpc) is 2.42. The Kier molecular flexibility index (Phi) is 7.47. The number of ether oxygens (including phenoxy) is 2. The van der Waals surface area contributed by atoms with Crippen LogP contribution in [0.2, 0.25) is 0 Å². The Balaban J connectivity index is 2.65. The van der Waals surface area contributed by atoms with E-state index >= 15 is 0 Å². The zero-order chi connectivity index (χ0) is 15.0. The lowest BCUT2D eigenvalue weighted by Gasteiger charge is -2.21. The quantitative estimate of drug-likeness (QED) is 0.707. The molecule has 1 N–H and O–H groups in total. The number of halogens is 2. The molecule has 0 amide bonds. The first kappa shape index (κ1) is 16.9. The third-order valence-corrected chi connectivity index (χ3v) is 3.10. The molecule has 0 spiro atoms. The minimum atomic E-state index is -2.41. The molecule has 1 aromatic carbocycles. The molecule has 0 saturated heterocycles. The predicted molar refractivity (Wildman–Crippen MR) is 75.6 cm³/mol. The fourth-order valence-electron chi connectivity index (χ4n) is 2.15. The van der Waals surface area contributed by atoms with Gasteiger partial charge in [-0.1, -0.05) is 13.0 Å². The summed E-state index contributed by atoms with van der Waals surface area (Å²) in [5.41, 5.74) is 2.26. The number of hydrogen-bond donors (Lipinski definition) is 1. The second-order valence-corrected chi connectivity index (χ2v) is 4.59. The lowest BCUT2D eigenvalue weighted by molar-refractivity contribution is 0.0144. The number of benzene rings is 1. The second-order valence-electron chi connectivity index (χ2n) is 4.59. The normalized spacial score (nSPS) is 12.7. The molecule has 20 heavy (non-hydrogen) atoms. The molecule has 3 nitrogen and oxygen atoms in total. The van der Waals surface area contributed by atoms with Crippen LogP contribution in [0.3, 0.4) is 0 Å². The molecule has 0 aliphatic carbocycles. The van der Waals surface area contributed by atoms with Gasteiger partial charge < -0.3 is 14.8 Å². The highest BCUT2D eigenvalue weighted by Crippen LogP contribution is 2.24. The maximum absolute atomic E-state index is 12.0. The Morgan fingerprint density at radius 3 is 2.60 bits per heavy atom. The van der Waals surface area contributed by atoms with Crippen LogP contribution in [-0.2, 0) is 4.74 Å². The van der Waals surface area contributed by atoms with Gasteiger partial charge in [0, 0.05) is 12.6 Å². The molecule has 0 heterocycles. The van der Waals surface area contributed by atoms with Gasteiger partial charge in [-0.2, -0.15) is 0 Å². The predicted octanol–water partition coefficient (Wildman–Crippen LogP) is 3.33. The summed E-state index contributed by atoms with van der Waals surface area (Å²) < 4.78 is 34.2. The molecule has 0 aromatic heterocycles. The topological polar surface area (TPSA) is 30.5 Å². The van der Waals surface area contributed by atoms with Gasteiger partial charge in [0.15, 0.2) is 0 Å². The third kappa shape index (κ3) is 5.43. The molecular weight excluding hydrogens is 264 g/mol. The highest BCUT2D eigenvalue weighted by Gasteiger charge is 2.13. The van der Waals surface area contributed by atoms with E-state index in [0.717, 1.165) is 23.4 Å². The van der Waals surface area contributed by atoms with Crippen molar-refractivity contribution < 1.29 is 18.3 Å². The summed E-state index contributed by atoms with van der Waals surface area (Å²) in [6.07, 6.45) is -1.75. The molecular formula is C15H23F2NO2. The molecule has 1 atom stereocenters. The fraction of sp³-hybridized carbons (Fsp3) is 0.600. The SMILES string of the molecule is CCNC(CCOCC(F)F)c1ccc(OC)cc1C. The Bertz CT molecular complexity index is 399. The van der Waals surface area contributed by atoms with E-state index in [4.69, 9.17) is 9.47 Å². The molecule has 1 rings (SSSR count). The molecule has 0 radical (unpaired) electrons. The highest BCUT2D eigenvalue weighted by molar-refractivity contribution is 5.36. The maximum Gasteiger partial charge on any atom is 0.261 e. The van der Waals surface area contributed by atoms with Crippen molar-refractivity contribution in [1.82, 2.24) is 5.32 Å². The molecule has 0 saturated carbocycles. The summed E-state index contributed by atoms with van der Waals surface area (Å²) in [6, 6.07) is 5.99. The largest absolute Gasteiger partial charge is 0.497 e. The lowest BCUT2D eigenvalue weighted by atomic mass is 9.98. The Morgan fingerprint density at radius 1 is 1.30 bits per heavy atom. The molecule has 0 aliphatic rings. The molecule has 114 valence electrons. The van der Waals surface area contributed by atoms with Gasteiger partial charge in [0.25, 0.3) is 6.43 Å². The smallest absolute Gasteiger partial charge is 0.261 e. The summed E-state index contributed by atoms with van der Waals surface area (Å²) in [4.78, 5) is 0. The van der Waals surface area contributed by atoms with Gasteiger partial charge in [-0.15, -0.1) is 0 Å². The van der Waals surface area contributed by atoms with Crippen LogP contribution in [0.4, 0.5) is 8.78 Å². The minimum Gasteiger partial charge on any atom is -0.497 e. The van der Waals surface area contributed by atoms with E-state index in [1.54, 1.807) is 7.11 Å². The van der Waals surface area contributed by atoms with Crippen LogP contribution >= 0.6 is 0 Å². The summed E-state index contributed by atoms with van der Waals surface area (Å²) >= 11 is 0. The monoisotopic (exact) mass is 287 g/mol. The molecule has 5 heteroatoms. The van der Waals surface area contributed by atoms with Gasteiger partial charge in [-0.25, -0.2) is 8.78 Å². The minimum absolute atomic E-state index is 0.101. The van der Waals surface area contributed by atoms with Gasteiger partial charge in [-0.05, 0) is 43.1 Å². The zero-order valence-electron chi connectivity index (χ0n) is 12.3. The maximum atomic E-state index is 12.0. The lowest BCUT2D eigenvalue weighted by Crippen LogP contribution is -2.23. The van der Waals surface area contributed by atoms with Gasteiger partial charge in [0.05, 0.1) is 7.11 Å². The fourth-order valence-corrected chi connectivity index (χ4v) is 2.15. The number of methoxy groups -OCH3 is 1. The van der Waals surface area contributed by atoms with E-state index in [0.29, 0.717) is 13.0 Å². The summed E-state index contributed by atoms with van der Waals surface area (Å²) in [7, 11) is 1.63. The van der Waals surface area contributed by atoms with Gasteiger partial charge >= 0.3 is 0 Å². The van der Waals surface area contributed by atoms with Crippen molar-refractivity contribution in [1.29, 1.82) is 0 Å². The van der Waals surface area contributed by atoms with E-state index in [1.165, 1.54) is 0 Å². The van der Waals surface area contributed by atoms with Crippen molar-refractivity contribution in [2.24, 2.45) is 0 Å². The zero-order valence-corrected chi connectivity index (χ0v) is 12.3. The van der Waals surface area contributed by atoms with E-state index in [2.05, 4.69) is 5.32 Å². The summed E-state index contributed by atoms with van der Waals surface area (Å²) in [6.45, 7) is 4.66. The van der Waals surface area contributed by atoms with Crippen LogP contribution < -0.4 is 10.1 Å². The average molecular weight is 287 g/mol. The highest BCUT2D eigenvalue weighted by atomic mass is 19.3. The Morgan fingerprint density at radius 2 is 2.05 bits per heavy atom. The Hall–Kier alpha value is -1.20. The van der Waals surface area contributed by atoms with Crippen molar-refractivity contribution in [2.45, 2.75) is 32.7 Å². The van der Waals surface area contributed by atoms with Crippen LogP contribution in [0.15, 0.2) is 18.2 Å². The molecule has 0 fully saturated rings. The van der Waals surface area contributed by atoms with Crippen LogP contribution in [0.25, 0.3) is 0 Å². The first-order valence-electron chi connectivity index (χ1n) is 6.82. The van der Waals surface area contributed by atoms with Gasteiger partial charge in [0.1, 0.15) is 12.4 Å². The van der Waals surface area contributed by atoms with Crippen molar-refractivity contribution in [2.75, 3.05) is 26.9 Å². The van der Waals surface area contributed by atoms with Crippen molar-refractivity contribution in [3.63, 3.8) is 0 Å². The number of rotatable bonds is 9. The van der Waals surface area contributed by atoms with Gasteiger partial charge in [0.2, 0.25) is 0 Å². The number of hydrogen-bond acceptors (Lipinski definition) is 3. The van der Waals surface area contributed by atoms with Crippen LogP contribution in [-0.4, -0.2) is 33.3 Å². The second kappa shape index (κ2) is 8.87. The summed E-state index contributed by atoms with van der Waals surface area (Å²) in [5.74, 6) is 0.815. The van der Waals surface area contributed by atoms with E-state index in [1.807, 2.05) is 32.0 Å². The van der Waals surface area contributed by atoms with Crippen LogP contribution in [0.1, 0.15) is 30.5 Å². The standard InChI is InChI=1S/C15H23F2NO2/c1-4-18-14(7-8-20-10-15(16)17)13-6-5-12(19-3)9-11(13)2/h5-6,9,14-15,18H,4,7-8,10H2,1-3H3. The first-order valence-corrected chi connectivity index (χ1v) is 6.82. The number of aryl methyl sites for hydroxylation is 1. The summed E-state index contributed by atoms with van der Waals surface area (Å²) in [5, 5.41) is 3.36. The van der Waals surface area contributed by atoms with Crippen molar-refractivity contribution >= 4 is 0 Å². The number of nitrogens with one attached hydrogen (secondary N) is 1. The molecule has 1 aromatic rings. The first-order chi connectivity index (χ1) is 9.58. The Labute approximate surface area is 119 Å². The third-order valence-electron chi connectivity index (χ3n) is 3.10. The molecule has 0 bridgehead atoms. The van der Waals surface area contributed by atoms with Crippen LogP contribution in [0, 0.1) is 6.92 Å². The molecule has 0 aliphatic heterocycles. The van der Waals surface area contributed by atoms with Gasteiger partial charge in [-0.3, -0.25) is 0 Å². The van der Waals surface area contributed by atoms with E-state index in [9.17, 15) is 8.78 Å². The van der Waals surface area contributed by atoms with Crippen LogP contribution in [0.5, 0.6) is 5.75 Å². The van der Waals surface area contributed by atoms with Crippen molar-refractivity contribution in [3.05, 3.63) is 29.3 Å². The number of alkyl halides is 2. The van der Waals surface area contributed by atoms with Crippen molar-refractivity contribution in [3.8, 4) is 5.75 Å². The van der Waals surface area contributed by atoms with E-state index < -0.39 is 13.0 Å². The molecule has 1 unspecified atom stereocenters.